The van der Waals surface area contributed by atoms with E-state index in [4.69, 9.17) is 5.11 Å². The molecule has 0 radical (unpaired) electrons. The third-order valence-electron chi connectivity index (χ3n) is 4.29. The molecule has 0 bridgehead atoms. The predicted molar refractivity (Wildman–Crippen MR) is 95.1 cm³/mol. The molecule has 0 amide bonds. The fraction of sp³-hybridized carbons (Fsp3) is 0.833. The van der Waals surface area contributed by atoms with Crippen LogP contribution in [0.2, 0.25) is 0 Å². The van der Waals surface area contributed by atoms with E-state index in [1.54, 1.807) is 13.8 Å². The third-order valence-corrected chi connectivity index (χ3v) is 4.29. The second kappa shape index (κ2) is 7.93. The monoisotopic (exact) mass is 329 g/mol. The van der Waals surface area contributed by atoms with E-state index in [1.165, 1.54) is 20.3 Å². The van der Waals surface area contributed by atoms with Crippen molar-refractivity contribution in [1.82, 2.24) is 0 Å². The molecule has 0 heterocycles. The van der Waals surface area contributed by atoms with E-state index in [-0.39, 0.29) is 12.0 Å². The zero-order chi connectivity index (χ0) is 19.3. The normalized spacial score (nSPS) is 12.9. The van der Waals surface area contributed by atoms with E-state index < -0.39 is 21.7 Å². The molecule has 1 N–H and O–H groups in total. The van der Waals surface area contributed by atoms with Gasteiger partial charge in [-0.15, -0.1) is 6.58 Å². The lowest BCUT2D eigenvalue weighted by Gasteiger charge is -2.34. The Bertz CT molecular complexity index is 429. The summed E-state index contributed by atoms with van der Waals surface area (Å²) in [6.45, 7) is 20.9. The van der Waals surface area contributed by atoms with Crippen molar-refractivity contribution in [1.29, 1.82) is 0 Å². The largest absolute Gasteiger partial charge is 0.481 e. The Morgan fingerprint density at radius 3 is 1.65 bits per heavy atom. The van der Waals surface area contributed by atoms with Crippen LogP contribution in [0.15, 0.2) is 12.7 Å². The number of carboxylic acids is 1. The minimum Gasteiger partial charge on any atom is -0.481 e. The SMILES string of the molecule is C=CC(C)(C)CC(C)(C)C.CC(C)(C[N+](=O)[O-])C(C)(C)C(=O)O. The molecule has 0 fully saturated rings. The molecular formula is C18H35NO4. The number of nitrogens with zero attached hydrogens (tertiary/aromatic N) is 1. The standard InChI is InChI=1S/C10H20.C8H15NO4/c1-7-10(5,6)8-9(2,3)4;1-7(2,5-9(12)13)8(3,4)6(10)11/h7H,1,8H2,2-6H3;5H2,1-4H3,(H,10,11). The lowest BCUT2D eigenvalue weighted by atomic mass is 9.68. The van der Waals surface area contributed by atoms with E-state index in [1.807, 2.05) is 6.08 Å². The molecule has 136 valence electrons. The van der Waals surface area contributed by atoms with Crippen LogP contribution in [0.3, 0.4) is 0 Å². The van der Waals surface area contributed by atoms with Crippen LogP contribution in [0, 0.1) is 31.8 Å². The molecule has 0 saturated carbocycles. The van der Waals surface area contributed by atoms with Gasteiger partial charge < -0.3 is 5.11 Å². The molecule has 5 nitrogen and oxygen atoms in total. The van der Waals surface area contributed by atoms with Gasteiger partial charge in [0.25, 0.3) is 0 Å². The predicted octanol–water partition coefficient (Wildman–Crippen LogP) is 5.03. The summed E-state index contributed by atoms with van der Waals surface area (Å²) in [6.07, 6.45) is 3.24. The van der Waals surface area contributed by atoms with Gasteiger partial charge >= 0.3 is 5.97 Å². The zero-order valence-corrected chi connectivity index (χ0v) is 16.3. The van der Waals surface area contributed by atoms with Crippen molar-refractivity contribution >= 4 is 5.97 Å². The topological polar surface area (TPSA) is 80.4 Å². The first kappa shape index (κ1) is 23.9. The van der Waals surface area contributed by atoms with Crippen LogP contribution < -0.4 is 0 Å². The Morgan fingerprint density at radius 2 is 1.48 bits per heavy atom. The molecule has 0 aromatic carbocycles. The average Bonchev–Trinajstić information content (AvgIpc) is 2.24. The fourth-order valence-corrected chi connectivity index (χ4v) is 2.25. The molecule has 0 aliphatic carbocycles. The number of rotatable bonds is 6. The highest BCUT2D eigenvalue weighted by Gasteiger charge is 2.46. The fourth-order valence-electron chi connectivity index (χ4n) is 2.25. The van der Waals surface area contributed by atoms with Crippen molar-refractivity contribution < 1.29 is 14.8 Å². The first-order chi connectivity index (χ1) is 9.88. The van der Waals surface area contributed by atoms with Crippen LogP contribution in [0.4, 0.5) is 0 Å². The summed E-state index contributed by atoms with van der Waals surface area (Å²) in [5.74, 6) is -1.01. The number of hydrogen-bond donors (Lipinski definition) is 1. The Labute approximate surface area is 141 Å². The van der Waals surface area contributed by atoms with Gasteiger partial charge in [-0.3, -0.25) is 14.9 Å². The molecule has 0 aliphatic heterocycles. The van der Waals surface area contributed by atoms with Gasteiger partial charge in [-0.25, -0.2) is 0 Å². The number of allylic oxidation sites excluding steroid dienone is 1. The summed E-state index contributed by atoms with van der Waals surface area (Å²) in [4.78, 5) is 20.6. The van der Waals surface area contributed by atoms with Gasteiger partial charge in [0.05, 0.1) is 5.41 Å². The maximum atomic E-state index is 10.8. The highest BCUT2D eigenvalue weighted by atomic mass is 16.6. The van der Waals surface area contributed by atoms with E-state index in [9.17, 15) is 14.9 Å². The Kier molecular flexibility index (Phi) is 8.23. The number of aliphatic carboxylic acids is 1. The Balaban J connectivity index is 0. The first-order valence-corrected chi connectivity index (χ1v) is 7.87. The number of hydrogen-bond acceptors (Lipinski definition) is 3. The van der Waals surface area contributed by atoms with E-state index in [0.29, 0.717) is 5.41 Å². The molecule has 0 aliphatic rings. The van der Waals surface area contributed by atoms with Crippen molar-refractivity contribution in [2.45, 2.75) is 68.7 Å². The first-order valence-electron chi connectivity index (χ1n) is 7.87. The molecular weight excluding hydrogens is 294 g/mol. The van der Waals surface area contributed by atoms with Crippen LogP contribution in [-0.2, 0) is 4.79 Å². The number of carbonyl (C=O) groups is 1. The molecule has 0 atom stereocenters. The van der Waals surface area contributed by atoms with Gasteiger partial charge in [-0.05, 0) is 31.1 Å². The molecule has 0 aromatic rings. The smallest absolute Gasteiger partial charge is 0.309 e. The summed E-state index contributed by atoms with van der Waals surface area (Å²) in [5.41, 5.74) is -1.25. The molecule has 0 spiro atoms. The zero-order valence-electron chi connectivity index (χ0n) is 16.3. The summed E-state index contributed by atoms with van der Waals surface area (Å²) in [5, 5.41) is 19.2. The molecule has 23 heavy (non-hydrogen) atoms. The summed E-state index contributed by atoms with van der Waals surface area (Å²) in [6, 6.07) is 0. The van der Waals surface area contributed by atoms with E-state index in [2.05, 4.69) is 41.2 Å². The van der Waals surface area contributed by atoms with Gasteiger partial charge in [-0.1, -0.05) is 54.5 Å². The van der Waals surface area contributed by atoms with Crippen LogP contribution in [0.25, 0.3) is 0 Å². The summed E-state index contributed by atoms with van der Waals surface area (Å²) in [7, 11) is 0. The van der Waals surface area contributed by atoms with Crippen molar-refractivity contribution in [3.63, 3.8) is 0 Å². The van der Waals surface area contributed by atoms with Crippen molar-refractivity contribution in [2.75, 3.05) is 6.54 Å². The van der Waals surface area contributed by atoms with Crippen molar-refractivity contribution in [3.05, 3.63) is 22.8 Å². The molecule has 0 unspecified atom stereocenters. The quantitative estimate of drug-likeness (QED) is 0.421. The minimum atomic E-state index is -1.10. The maximum Gasteiger partial charge on any atom is 0.309 e. The van der Waals surface area contributed by atoms with E-state index in [0.717, 1.165) is 0 Å². The molecule has 5 heteroatoms. The lowest BCUT2D eigenvalue weighted by molar-refractivity contribution is -0.499. The van der Waals surface area contributed by atoms with Gasteiger partial charge in [0, 0.05) is 10.3 Å². The summed E-state index contributed by atoms with van der Waals surface area (Å²) < 4.78 is 0. The number of carboxylic acid groups (broad SMARTS) is 1. The van der Waals surface area contributed by atoms with Gasteiger partial charge in [0.1, 0.15) is 0 Å². The maximum absolute atomic E-state index is 10.8. The Morgan fingerprint density at radius 1 is 1.09 bits per heavy atom. The van der Waals surface area contributed by atoms with Gasteiger partial charge in [0.2, 0.25) is 6.54 Å². The third kappa shape index (κ3) is 9.36. The van der Waals surface area contributed by atoms with Crippen LogP contribution >= 0.6 is 0 Å². The van der Waals surface area contributed by atoms with Crippen molar-refractivity contribution in [2.24, 2.45) is 21.7 Å². The highest BCUT2D eigenvalue weighted by Crippen LogP contribution is 2.38. The second-order valence-electron chi connectivity index (χ2n) is 9.24. The summed E-state index contributed by atoms with van der Waals surface area (Å²) >= 11 is 0. The molecule has 0 aromatic heterocycles. The minimum absolute atomic E-state index is 0.290. The molecule has 0 rings (SSSR count). The van der Waals surface area contributed by atoms with Gasteiger partial charge in [-0.2, -0.15) is 0 Å². The van der Waals surface area contributed by atoms with E-state index >= 15 is 0 Å². The average molecular weight is 329 g/mol. The van der Waals surface area contributed by atoms with Crippen molar-refractivity contribution in [3.8, 4) is 0 Å². The molecule has 0 saturated heterocycles. The van der Waals surface area contributed by atoms with Crippen LogP contribution in [0.1, 0.15) is 68.7 Å². The van der Waals surface area contributed by atoms with Crippen LogP contribution in [-0.4, -0.2) is 22.5 Å². The Hall–Kier alpha value is -1.39. The highest BCUT2D eigenvalue weighted by molar-refractivity contribution is 5.74. The van der Waals surface area contributed by atoms with Gasteiger partial charge in [0.15, 0.2) is 0 Å². The number of nitro groups is 1. The second-order valence-corrected chi connectivity index (χ2v) is 9.24. The van der Waals surface area contributed by atoms with Crippen LogP contribution in [0.5, 0.6) is 0 Å². The lowest BCUT2D eigenvalue weighted by Crippen LogP contribution is -2.43.